The predicted octanol–water partition coefficient (Wildman–Crippen LogP) is 4.85. The molecule has 1 N–H and O–H groups in total. The largest absolute Gasteiger partial charge is 0.324 e. The van der Waals surface area contributed by atoms with Gasteiger partial charge in [0.15, 0.2) is 5.82 Å². The zero-order valence-corrected chi connectivity index (χ0v) is 20.0. The van der Waals surface area contributed by atoms with Crippen molar-refractivity contribution >= 4 is 11.6 Å². The molecule has 8 heteroatoms. The summed E-state index contributed by atoms with van der Waals surface area (Å²) in [5.41, 5.74) is 4.06. The van der Waals surface area contributed by atoms with Gasteiger partial charge < -0.3 is 9.88 Å². The van der Waals surface area contributed by atoms with E-state index in [1.54, 1.807) is 12.1 Å². The first-order valence-corrected chi connectivity index (χ1v) is 11.9. The number of anilines is 1. The van der Waals surface area contributed by atoms with Gasteiger partial charge in [-0.25, -0.2) is 4.39 Å². The second kappa shape index (κ2) is 9.85. The molecule has 0 spiro atoms. The zero-order chi connectivity index (χ0) is 23.5. The van der Waals surface area contributed by atoms with Crippen LogP contribution in [0.4, 0.5) is 10.1 Å². The van der Waals surface area contributed by atoms with E-state index < -0.39 is 5.82 Å². The minimum absolute atomic E-state index is 0.174. The number of halogens is 1. The van der Waals surface area contributed by atoms with Gasteiger partial charge in [-0.05, 0) is 62.8 Å². The molecule has 3 aromatic rings. The maximum atomic E-state index is 14.5. The molecule has 0 saturated heterocycles. The van der Waals surface area contributed by atoms with Crippen LogP contribution in [0.2, 0.25) is 0 Å². The first kappa shape index (κ1) is 23.1. The van der Waals surface area contributed by atoms with Crippen molar-refractivity contribution in [2.45, 2.75) is 79.3 Å². The van der Waals surface area contributed by atoms with Gasteiger partial charge in [0.2, 0.25) is 5.91 Å². The third-order valence-corrected chi connectivity index (χ3v) is 6.28. The van der Waals surface area contributed by atoms with Gasteiger partial charge in [-0.15, -0.1) is 10.2 Å². The van der Waals surface area contributed by atoms with Crippen LogP contribution in [0.25, 0.3) is 11.4 Å². The number of nitrogens with one attached hydrogen (secondary N) is 1. The number of hydrogen-bond acceptors (Lipinski definition) is 4. The number of amides is 1. The molecule has 1 aliphatic rings. The summed E-state index contributed by atoms with van der Waals surface area (Å²) in [6.07, 6.45) is 5.10. The molecule has 0 fully saturated rings. The fraction of sp³-hybridized carbons (Fsp3) is 0.520. The van der Waals surface area contributed by atoms with E-state index in [0.29, 0.717) is 12.3 Å². The van der Waals surface area contributed by atoms with Gasteiger partial charge >= 0.3 is 0 Å². The topological polar surface area (TPSA) is 77.6 Å². The van der Waals surface area contributed by atoms with Crippen LogP contribution in [0.5, 0.6) is 0 Å². The van der Waals surface area contributed by atoms with Crippen LogP contribution >= 0.6 is 0 Å². The number of fused-ring (bicyclic) bond motifs is 1. The Hall–Kier alpha value is -3.03. The monoisotopic (exact) mass is 452 g/mol. The number of carbonyl (C=O) groups excluding carboxylic acids is 1. The molecule has 0 saturated carbocycles. The molecule has 0 unspecified atom stereocenters. The van der Waals surface area contributed by atoms with E-state index in [0.717, 1.165) is 66.5 Å². The highest BCUT2D eigenvalue weighted by molar-refractivity contribution is 5.91. The summed E-state index contributed by atoms with van der Waals surface area (Å²) in [5.74, 6) is 1.52. The lowest BCUT2D eigenvalue weighted by Crippen LogP contribution is -2.14. The van der Waals surface area contributed by atoms with Gasteiger partial charge in [-0.2, -0.15) is 5.10 Å². The molecule has 33 heavy (non-hydrogen) atoms. The molecule has 0 radical (unpaired) electrons. The van der Waals surface area contributed by atoms with Crippen molar-refractivity contribution in [1.82, 2.24) is 24.5 Å². The van der Waals surface area contributed by atoms with Crippen LogP contribution in [0.1, 0.15) is 62.3 Å². The number of benzene rings is 1. The lowest BCUT2D eigenvalue weighted by atomic mass is 10.1. The first-order chi connectivity index (χ1) is 15.8. The highest BCUT2D eigenvalue weighted by Crippen LogP contribution is 2.27. The lowest BCUT2D eigenvalue weighted by molar-refractivity contribution is -0.116. The van der Waals surface area contributed by atoms with Crippen LogP contribution < -0.4 is 5.32 Å². The minimum Gasteiger partial charge on any atom is -0.324 e. The van der Waals surface area contributed by atoms with Crippen molar-refractivity contribution in [2.24, 2.45) is 5.92 Å². The minimum atomic E-state index is -0.459. The van der Waals surface area contributed by atoms with Crippen LogP contribution in [0.3, 0.4) is 0 Å². The van der Waals surface area contributed by atoms with Crippen molar-refractivity contribution in [3.63, 3.8) is 0 Å². The van der Waals surface area contributed by atoms with E-state index in [2.05, 4.69) is 39.0 Å². The van der Waals surface area contributed by atoms with Gasteiger partial charge in [0, 0.05) is 37.2 Å². The summed E-state index contributed by atoms with van der Waals surface area (Å²) in [7, 11) is 0. The van der Waals surface area contributed by atoms with Gasteiger partial charge in [-0.1, -0.05) is 20.3 Å². The van der Waals surface area contributed by atoms with E-state index in [1.165, 1.54) is 12.5 Å². The molecule has 0 atom stereocenters. The Morgan fingerprint density at radius 2 is 2.00 bits per heavy atom. The van der Waals surface area contributed by atoms with Crippen molar-refractivity contribution in [2.75, 3.05) is 5.32 Å². The van der Waals surface area contributed by atoms with Gasteiger partial charge in [0.25, 0.3) is 0 Å². The molecule has 7 nitrogen and oxygen atoms in total. The highest BCUT2D eigenvalue weighted by atomic mass is 19.1. The average Bonchev–Trinajstić information content (AvgIpc) is 3.17. The number of nitrogens with zero attached hydrogens (tertiary/aromatic N) is 5. The summed E-state index contributed by atoms with van der Waals surface area (Å²) in [5, 5.41) is 16.0. The Morgan fingerprint density at radius 3 is 2.79 bits per heavy atom. The lowest BCUT2D eigenvalue weighted by Gasteiger charge is -2.11. The van der Waals surface area contributed by atoms with Crippen molar-refractivity contribution in [1.29, 1.82) is 0 Å². The van der Waals surface area contributed by atoms with E-state index in [9.17, 15) is 9.18 Å². The Kier molecular flexibility index (Phi) is 6.91. The third-order valence-electron chi connectivity index (χ3n) is 6.28. The molecular weight excluding hydrogens is 419 g/mol. The van der Waals surface area contributed by atoms with E-state index >= 15 is 0 Å². The maximum Gasteiger partial charge on any atom is 0.224 e. The molecule has 1 aromatic carbocycles. The second-order valence-electron chi connectivity index (χ2n) is 9.37. The van der Waals surface area contributed by atoms with Crippen LogP contribution in [-0.2, 0) is 30.7 Å². The van der Waals surface area contributed by atoms with Gasteiger partial charge in [-0.3, -0.25) is 9.48 Å². The summed E-state index contributed by atoms with van der Waals surface area (Å²) < 4.78 is 18.7. The second-order valence-corrected chi connectivity index (χ2v) is 9.37. The average molecular weight is 453 g/mol. The molecular formula is C25H33FN6O. The van der Waals surface area contributed by atoms with Crippen LogP contribution in [-0.4, -0.2) is 30.5 Å². The predicted molar refractivity (Wildman–Crippen MR) is 126 cm³/mol. The molecule has 0 bridgehead atoms. The number of carbonyl (C=O) groups is 1. The molecule has 1 amide bonds. The SMILES string of the molecule is Cc1nn(CC(C)C)c(C)c1CCC(=O)Nc1cc(-c2nnc3n2CCCCC3)ccc1F. The summed E-state index contributed by atoms with van der Waals surface area (Å²) in [6, 6.07) is 4.74. The van der Waals surface area contributed by atoms with Gasteiger partial charge in [0.05, 0.1) is 11.4 Å². The number of aromatic nitrogens is 5. The normalized spacial score (nSPS) is 13.8. The third kappa shape index (κ3) is 5.15. The molecule has 4 rings (SSSR count). The number of hydrogen-bond donors (Lipinski definition) is 1. The van der Waals surface area contributed by atoms with Crippen molar-refractivity contribution in [3.8, 4) is 11.4 Å². The van der Waals surface area contributed by atoms with Gasteiger partial charge in [0.1, 0.15) is 11.6 Å². The Balaban J connectivity index is 1.46. The number of rotatable bonds is 7. The summed E-state index contributed by atoms with van der Waals surface area (Å²) in [4.78, 5) is 12.7. The molecule has 0 aliphatic carbocycles. The number of aryl methyl sites for hydroxylation is 2. The highest BCUT2D eigenvalue weighted by Gasteiger charge is 2.18. The first-order valence-electron chi connectivity index (χ1n) is 11.9. The fourth-order valence-corrected chi connectivity index (χ4v) is 4.53. The molecule has 1 aliphatic heterocycles. The Bertz CT molecular complexity index is 1150. The summed E-state index contributed by atoms with van der Waals surface area (Å²) >= 11 is 0. The van der Waals surface area contributed by atoms with E-state index in [1.807, 2.05) is 18.5 Å². The molecule has 176 valence electrons. The smallest absolute Gasteiger partial charge is 0.224 e. The summed E-state index contributed by atoms with van der Waals surface area (Å²) in [6.45, 7) is 10.0. The quantitative estimate of drug-likeness (QED) is 0.556. The molecule has 2 aromatic heterocycles. The zero-order valence-electron chi connectivity index (χ0n) is 20.0. The standard InChI is InChI=1S/C25H33FN6O/c1-16(2)15-32-18(4)20(17(3)30-32)10-12-24(33)27-22-14-19(9-11-21(22)26)25-29-28-23-8-6-5-7-13-31(23)25/h9,11,14,16H,5-8,10,12-13,15H2,1-4H3,(H,27,33). The van der Waals surface area contributed by atoms with Crippen molar-refractivity contribution < 1.29 is 9.18 Å². The fourth-order valence-electron chi connectivity index (χ4n) is 4.53. The van der Waals surface area contributed by atoms with E-state index in [-0.39, 0.29) is 18.0 Å². The van der Waals surface area contributed by atoms with E-state index in [4.69, 9.17) is 0 Å². The Labute approximate surface area is 194 Å². The maximum absolute atomic E-state index is 14.5. The van der Waals surface area contributed by atoms with Crippen molar-refractivity contribution in [3.05, 3.63) is 46.8 Å². The molecule has 3 heterocycles. The van der Waals surface area contributed by atoms with Crippen LogP contribution in [0, 0.1) is 25.6 Å². The van der Waals surface area contributed by atoms with Crippen LogP contribution in [0.15, 0.2) is 18.2 Å². The Morgan fingerprint density at radius 1 is 1.18 bits per heavy atom.